The molecular formula is C17H19NO9. The lowest BCUT2D eigenvalue weighted by Gasteiger charge is -2.11. The highest BCUT2D eigenvalue weighted by Crippen LogP contribution is 2.33. The summed E-state index contributed by atoms with van der Waals surface area (Å²) >= 11 is 0. The molecule has 10 heteroatoms. The van der Waals surface area contributed by atoms with Gasteiger partial charge in [-0.1, -0.05) is 0 Å². The number of rotatable bonds is 6. The Bertz CT molecular complexity index is 827. The summed E-state index contributed by atoms with van der Waals surface area (Å²) in [6.45, 7) is 5.22. The highest BCUT2D eigenvalue weighted by Gasteiger charge is 2.19. The molecule has 10 nitrogen and oxygen atoms in total. The molecule has 0 unspecified atom stereocenters. The predicted molar refractivity (Wildman–Crippen MR) is 90.8 cm³/mol. The molecule has 0 aliphatic carbocycles. The van der Waals surface area contributed by atoms with Crippen LogP contribution in [-0.2, 0) is 14.2 Å². The van der Waals surface area contributed by atoms with Crippen LogP contribution in [-0.4, -0.2) is 43.0 Å². The summed E-state index contributed by atoms with van der Waals surface area (Å²) in [5, 5.41) is 0.537. The molecule has 0 fully saturated rings. The van der Waals surface area contributed by atoms with Gasteiger partial charge in [0, 0.05) is 17.6 Å². The van der Waals surface area contributed by atoms with Crippen molar-refractivity contribution in [1.82, 2.24) is 4.73 Å². The number of hydrogen-bond acceptors (Lipinski definition) is 9. The predicted octanol–water partition coefficient (Wildman–Crippen LogP) is 3.30. The van der Waals surface area contributed by atoms with Crippen molar-refractivity contribution in [3.05, 3.63) is 24.4 Å². The molecule has 0 aliphatic heterocycles. The standard InChI is InChI=1S/C17H19NO9/c1-4-22-15(19)25-13-9-11-7-8-18(27-17(21)24-6-3)12(11)10-14(13)26-16(20)23-5-2/h7-10H,4-6H2,1-3H3. The molecule has 1 aromatic heterocycles. The fourth-order valence-electron chi connectivity index (χ4n) is 2.06. The van der Waals surface area contributed by atoms with E-state index in [-0.39, 0.29) is 31.3 Å². The minimum Gasteiger partial charge on any atom is -0.434 e. The fourth-order valence-corrected chi connectivity index (χ4v) is 2.06. The minimum absolute atomic E-state index is 0.0668. The Hall–Kier alpha value is -3.43. The summed E-state index contributed by atoms with van der Waals surface area (Å²) in [6.07, 6.45) is -1.42. The lowest BCUT2D eigenvalue weighted by molar-refractivity contribution is 0.0550. The van der Waals surface area contributed by atoms with E-state index in [0.717, 1.165) is 4.73 Å². The number of ether oxygens (including phenoxy) is 5. The molecule has 0 atom stereocenters. The van der Waals surface area contributed by atoms with Gasteiger partial charge >= 0.3 is 18.5 Å². The maximum Gasteiger partial charge on any atom is 0.533 e. The van der Waals surface area contributed by atoms with Crippen molar-refractivity contribution >= 4 is 29.4 Å². The number of carbonyl (C=O) groups excluding carboxylic acids is 3. The van der Waals surface area contributed by atoms with Gasteiger partial charge in [-0.3, -0.25) is 0 Å². The Kier molecular flexibility index (Phi) is 6.86. The molecule has 0 radical (unpaired) electrons. The van der Waals surface area contributed by atoms with Gasteiger partial charge in [0.2, 0.25) is 0 Å². The molecule has 146 valence electrons. The SMILES string of the molecule is CCOC(=O)Oc1cc2ccn(OC(=O)OCC)c2cc1OC(=O)OCC. The first-order chi connectivity index (χ1) is 13.0. The van der Waals surface area contributed by atoms with E-state index in [0.29, 0.717) is 10.9 Å². The molecule has 0 spiro atoms. The second kappa shape index (κ2) is 9.32. The molecule has 0 saturated heterocycles. The van der Waals surface area contributed by atoms with Gasteiger partial charge in [-0.15, -0.1) is 0 Å². The average molecular weight is 381 g/mol. The van der Waals surface area contributed by atoms with Crippen LogP contribution in [0.25, 0.3) is 10.9 Å². The lowest BCUT2D eigenvalue weighted by atomic mass is 10.2. The third-order valence-corrected chi connectivity index (χ3v) is 3.07. The normalized spacial score (nSPS) is 10.2. The highest BCUT2D eigenvalue weighted by atomic mass is 16.8. The summed E-state index contributed by atoms with van der Waals surface area (Å²) < 4.78 is 25.4. The van der Waals surface area contributed by atoms with Crippen molar-refractivity contribution in [3.63, 3.8) is 0 Å². The summed E-state index contributed by atoms with van der Waals surface area (Å²) in [5.74, 6) is -0.190. The summed E-state index contributed by atoms with van der Waals surface area (Å²) in [6, 6.07) is 4.37. The zero-order valence-corrected chi connectivity index (χ0v) is 15.1. The lowest BCUT2D eigenvalue weighted by Crippen LogP contribution is -2.20. The number of carbonyl (C=O) groups is 3. The number of nitrogens with zero attached hydrogens (tertiary/aromatic N) is 1. The second-order valence-electron chi connectivity index (χ2n) is 4.84. The van der Waals surface area contributed by atoms with Crippen LogP contribution in [0.5, 0.6) is 11.5 Å². The zero-order chi connectivity index (χ0) is 19.8. The molecule has 0 bridgehead atoms. The van der Waals surface area contributed by atoms with Gasteiger partial charge in [-0.05, 0) is 32.9 Å². The van der Waals surface area contributed by atoms with E-state index >= 15 is 0 Å². The molecule has 0 N–H and O–H groups in total. The van der Waals surface area contributed by atoms with Crippen LogP contribution in [0.1, 0.15) is 20.8 Å². The second-order valence-corrected chi connectivity index (χ2v) is 4.84. The summed E-state index contributed by atoms with van der Waals surface area (Å²) in [5.41, 5.74) is 0.360. The van der Waals surface area contributed by atoms with Crippen LogP contribution >= 0.6 is 0 Å². The third kappa shape index (κ3) is 5.27. The first kappa shape index (κ1) is 19.9. The van der Waals surface area contributed by atoms with E-state index in [2.05, 4.69) is 0 Å². The molecule has 2 aromatic rings. The number of fused-ring (bicyclic) bond motifs is 1. The molecule has 1 aromatic carbocycles. The Labute approximate surface area is 154 Å². The maximum absolute atomic E-state index is 11.7. The van der Waals surface area contributed by atoms with Crippen LogP contribution in [0.4, 0.5) is 14.4 Å². The average Bonchev–Trinajstić information content (AvgIpc) is 2.97. The van der Waals surface area contributed by atoms with E-state index < -0.39 is 18.5 Å². The molecule has 1 heterocycles. The first-order valence-corrected chi connectivity index (χ1v) is 8.17. The van der Waals surface area contributed by atoms with Crippen LogP contribution in [0.2, 0.25) is 0 Å². The number of hydrogen-bond donors (Lipinski definition) is 0. The van der Waals surface area contributed by atoms with Gasteiger partial charge in [0.05, 0.1) is 25.3 Å². The molecule has 0 saturated carbocycles. The Morgan fingerprint density at radius 1 is 0.815 bits per heavy atom. The fraction of sp³-hybridized carbons (Fsp3) is 0.353. The van der Waals surface area contributed by atoms with Gasteiger partial charge in [0.1, 0.15) is 0 Å². The van der Waals surface area contributed by atoms with Crippen molar-refractivity contribution in [1.29, 1.82) is 0 Å². The van der Waals surface area contributed by atoms with Crippen LogP contribution < -0.4 is 14.3 Å². The van der Waals surface area contributed by atoms with E-state index in [9.17, 15) is 14.4 Å². The van der Waals surface area contributed by atoms with Gasteiger partial charge in [0.15, 0.2) is 11.5 Å². The largest absolute Gasteiger partial charge is 0.533 e. The van der Waals surface area contributed by atoms with Crippen molar-refractivity contribution in [3.8, 4) is 11.5 Å². The summed E-state index contributed by atoms with van der Waals surface area (Å²) in [7, 11) is 0. The quantitative estimate of drug-likeness (QED) is 0.422. The Morgan fingerprint density at radius 2 is 1.33 bits per heavy atom. The Balaban J connectivity index is 2.39. The smallest absolute Gasteiger partial charge is 0.434 e. The number of aromatic nitrogens is 1. The monoisotopic (exact) mass is 381 g/mol. The molecule has 2 rings (SSSR count). The van der Waals surface area contributed by atoms with Crippen molar-refractivity contribution < 1.29 is 42.9 Å². The molecule has 0 aliphatic rings. The highest BCUT2D eigenvalue weighted by molar-refractivity contribution is 5.86. The van der Waals surface area contributed by atoms with Crippen LogP contribution in [0.15, 0.2) is 24.4 Å². The van der Waals surface area contributed by atoms with E-state index in [1.54, 1.807) is 26.8 Å². The van der Waals surface area contributed by atoms with E-state index in [1.807, 2.05) is 0 Å². The molecular weight excluding hydrogens is 362 g/mol. The topological polar surface area (TPSA) is 112 Å². The van der Waals surface area contributed by atoms with Crippen LogP contribution in [0, 0.1) is 0 Å². The van der Waals surface area contributed by atoms with Crippen LogP contribution in [0.3, 0.4) is 0 Å². The summed E-state index contributed by atoms with van der Waals surface area (Å²) in [4.78, 5) is 39.9. The van der Waals surface area contributed by atoms with Crippen molar-refractivity contribution in [2.24, 2.45) is 0 Å². The van der Waals surface area contributed by atoms with Crippen molar-refractivity contribution in [2.45, 2.75) is 20.8 Å². The Morgan fingerprint density at radius 3 is 1.89 bits per heavy atom. The zero-order valence-electron chi connectivity index (χ0n) is 15.1. The molecule has 27 heavy (non-hydrogen) atoms. The van der Waals surface area contributed by atoms with E-state index in [1.165, 1.54) is 18.3 Å². The minimum atomic E-state index is -0.991. The number of benzene rings is 1. The van der Waals surface area contributed by atoms with Gasteiger partial charge in [0.25, 0.3) is 0 Å². The van der Waals surface area contributed by atoms with Crippen molar-refractivity contribution in [2.75, 3.05) is 19.8 Å². The van der Waals surface area contributed by atoms with Gasteiger partial charge in [-0.2, -0.15) is 4.73 Å². The van der Waals surface area contributed by atoms with Gasteiger partial charge in [-0.25, -0.2) is 14.4 Å². The van der Waals surface area contributed by atoms with Gasteiger partial charge < -0.3 is 28.5 Å². The first-order valence-electron chi connectivity index (χ1n) is 8.17. The molecule has 0 amide bonds. The van der Waals surface area contributed by atoms with E-state index in [4.69, 9.17) is 28.5 Å². The third-order valence-electron chi connectivity index (χ3n) is 3.07. The maximum atomic E-state index is 11.7.